The van der Waals surface area contributed by atoms with Crippen LogP contribution in [0.15, 0.2) is 9.57 Å². The van der Waals surface area contributed by atoms with Crippen molar-refractivity contribution in [3.63, 3.8) is 0 Å². The molecule has 0 saturated heterocycles. The van der Waals surface area contributed by atoms with Crippen molar-refractivity contribution in [2.24, 2.45) is 10.6 Å². The van der Waals surface area contributed by atoms with Crippen LogP contribution in [-0.4, -0.2) is 22.9 Å². The molecule has 2 N–H and O–H groups in total. The van der Waals surface area contributed by atoms with E-state index >= 15 is 0 Å². The van der Waals surface area contributed by atoms with Gasteiger partial charge >= 0.3 is 0 Å². The van der Waals surface area contributed by atoms with E-state index in [-0.39, 0.29) is 17.4 Å². The lowest BCUT2D eigenvalue weighted by Crippen LogP contribution is -2.32. The normalized spacial score (nSPS) is 20.1. The maximum atomic E-state index is 12.3. The number of nitrogens with zero attached hydrogens (tertiary/aromatic N) is 1. The number of rotatable bonds is 3. The maximum absolute atomic E-state index is 12.3. The van der Waals surface area contributed by atoms with Gasteiger partial charge in [0.1, 0.15) is 5.76 Å². The van der Waals surface area contributed by atoms with Crippen LogP contribution in [0.25, 0.3) is 0 Å². The number of carbonyl (C=O) groups is 1. The minimum Gasteiger partial charge on any atom is -0.455 e. The van der Waals surface area contributed by atoms with Crippen LogP contribution >= 0.6 is 0 Å². The third kappa shape index (κ3) is 2.96. The van der Waals surface area contributed by atoms with Crippen LogP contribution in [0.1, 0.15) is 68.0 Å². The molecule has 1 aliphatic carbocycles. The summed E-state index contributed by atoms with van der Waals surface area (Å²) in [6.07, 6.45) is 2.27. The highest BCUT2D eigenvalue weighted by Gasteiger charge is 2.36. The molecule has 1 aromatic heterocycles. The van der Waals surface area contributed by atoms with Crippen molar-refractivity contribution in [3.05, 3.63) is 22.6 Å². The van der Waals surface area contributed by atoms with Crippen molar-refractivity contribution in [1.29, 1.82) is 0 Å². The molecule has 0 aromatic carbocycles. The Labute approximate surface area is 125 Å². The molecule has 1 amide bonds. The highest BCUT2D eigenvalue weighted by Crippen LogP contribution is 2.38. The van der Waals surface area contributed by atoms with Crippen LogP contribution in [0, 0.1) is 12.3 Å². The van der Waals surface area contributed by atoms with Gasteiger partial charge in [-0.2, -0.15) is 0 Å². The van der Waals surface area contributed by atoms with E-state index in [1.807, 2.05) is 20.8 Å². The van der Waals surface area contributed by atoms with Crippen LogP contribution in [0.3, 0.4) is 0 Å². The Balaban J connectivity index is 2.41. The number of oxime groups is 1. The zero-order chi connectivity index (χ0) is 15.8. The third-order valence-electron chi connectivity index (χ3n) is 4.11. The van der Waals surface area contributed by atoms with Gasteiger partial charge in [-0.05, 0) is 32.1 Å². The summed E-state index contributed by atoms with van der Waals surface area (Å²) in [6, 6.07) is 0.0986. The number of nitrogens with one attached hydrogen (secondary N) is 1. The van der Waals surface area contributed by atoms with E-state index < -0.39 is 0 Å². The summed E-state index contributed by atoms with van der Waals surface area (Å²) >= 11 is 0. The maximum Gasteiger partial charge on any atom is 0.287 e. The molecule has 116 valence electrons. The molecule has 21 heavy (non-hydrogen) atoms. The number of hydrogen-bond acceptors (Lipinski definition) is 4. The van der Waals surface area contributed by atoms with Crippen molar-refractivity contribution in [3.8, 4) is 0 Å². The number of furan rings is 1. The number of carbonyl (C=O) groups excluding carboxylic acids is 1. The van der Waals surface area contributed by atoms with Gasteiger partial charge in [0, 0.05) is 23.6 Å². The van der Waals surface area contributed by atoms with Gasteiger partial charge in [-0.1, -0.05) is 25.9 Å². The average molecular weight is 292 g/mol. The molecule has 5 heteroatoms. The number of hydrogen-bond donors (Lipinski definition) is 2. The predicted octanol–water partition coefficient (Wildman–Crippen LogP) is 3.27. The van der Waals surface area contributed by atoms with E-state index in [9.17, 15) is 10.0 Å². The minimum atomic E-state index is -0.202. The number of fused-ring (bicyclic) bond motifs is 1. The van der Waals surface area contributed by atoms with Gasteiger partial charge in [0.05, 0.1) is 5.71 Å². The molecule has 0 aliphatic heterocycles. The lowest BCUT2D eigenvalue weighted by Gasteiger charge is -2.28. The van der Waals surface area contributed by atoms with Crippen molar-refractivity contribution in [1.82, 2.24) is 5.32 Å². The highest BCUT2D eigenvalue weighted by atomic mass is 16.4. The third-order valence-corrected chi connectivity index (χ3v) is 4.11. The molecule has 1 atom stereocenters. The Hall–Kier alpha value is -1.78. The Morgan fingerprint density at radius 3 is 2.71 bits per heavy atom. The average Bonchev–Trinajstić information content (AvgIpc) is 2.73. The first-order valence-electron chi connectivity index (χ1n) is 7.43. The minimum absolute atomic E-state index is 0.0384. The molecule has 0 fully saturated rings. The van der Waals surface area contributed by atoms with Gasteiger partial charge in [0.2, 0.25) is 0 Å². The van der Waals surface area contributed by atoms with E-state index in [0.29, 0.717) is 17.9 Å². The van der Waals surface area contributed by atoms with Crippen LogP contribution in [-0.2, 0) is 6.42 Å². The van der Waals surface area contributed by atoms with Gasteiger partial charge in [0.25, 0.3) is 5.91 Å². The Kier molecular flexibility index (Phi) is 4.12. The zero-order valence-electron chi connectivity index (χ0n) is 13.4. The molecule has 1 unspecified atom stereocenters. The van der Waals surface area contributed by atoms with E-state index in [0.717, 1.165) is 29.7 Å². The molecule has 2 rings (SSSR count). The predicted molar refractivity (Wildman–Crippen MR) is 81.1 cm³/mol. The summed E-state index contributed by atoms with van der Waals surface area (Å²) in [5.41, 5.74) is 2.12. The first-order valence-corrected chi connectivity index (χ1v) is 7.43. The summed E-state index contributed by atoms with van der Waals surface area (Å²) in [6.45, 7) is 10.0. The molecule has 1 heterocycles. The first kappa shape index (κ1) is 15.6. The summed E-state index contributed by atoms with van der Waals surface area (Å²) in [7, 11) is 0. The quantitative estimate of drug-likeness (QED) is 0.663. The molecule has 5 nitrogen and oxygen atoms in total. The summed E-state index contributed by atoms with van der Waals surface area (Å²) in [5, 5.41) is 15.6. The van der Waals surface area contributed by atoms with E-state index in [1.54, 1.807) is 0 Å². The van der Waals surface area contributed by atoms with Crippen LogP contribution < -0.4 is 5.32 Å². The molecular weight excluding hydrogens is 268 g/mol. The molecule has 0 bridgehead atoms. The van der Waals surface area contributed by atoms with Crippen molar-refractivity contribution in [2.45, 2.75) is 59.9 Å². The molecular formula is C16H24N2O3. The van der Waals surface area contributed by atoms with Gasteiger partial charge in [-0.15, -0.1) is 0 Å². The zero-order valence-corrected chi connectivity index (χ0v) is 13.4. The fourth-order valence-corrected chi connectivity index (χ4v) is 2.81. The second-order valence-corrected chi connectivity index (χ2v) is 6.70. The summed E-state index contributed by atoms with van der Waals surface area (Å²) in [5.74, 6) is 0.872. The molecule has 0 saturated carbocycles. The molecule has 1 aromatic rings. The Morgan fingerprint density at radius 2 is 2.14 bits per heavy atom. The molecule has 0 radical (unpaired) electrons. The van der Waals surface area contributed by atoms with E-state index in [2.05, 4.69) is 24.3 Å². The highest BCUT2D eigenvalue weighted by molar-refractivity contribution is 6.06. The van der Waals surface area contributed by atoms with E-state index in [1.165, 1.54) is 0 Å². The van der Waals surface area contributed by atoms with Crippen LogP contribution in [0.5, 0.6) is 0 Å². The van der Waals surface area contributed by atoms with Gasteiger partial charge < -0.3 is 14.9 Å². The van der Waals surface area contributed by atoms with Crippen molar-refractivity contribution < 1.29 is 14.4 Å². The van der Waals surface area contributed by atoms with E-state index in [4.69, 9.17) is 4.42 Å². The molecule has 1 aliphatic rings. The monoisotopic (exact) mass is 292 g/mol. The topological polar surface area (TPSA) is 74.8 Å². The van der Waals surface area contributed by atoms with Gasteiger partial charge in [0.15, 0.2) is 5.76 Å². The Bertz CT molecular complexity index is 585. The number of amides is 1. The SMILES string of the molecule is CCC(C)NC(=O)c1oc2c(c1C)/C(=N\O)CC(C)(C)C2. The second kappa shape index (κ2) is 5.54. The lowest BCUT2D eigenvalue weighted by molar-refractivity contribution is 0.0907. The fraction of sp³-hybridized carbons (Fsp3) is 0.625. The van der Waals surface area contributed by atoms with Crippen LogP contribution in [0.4, 0.5) is 0 Å². The largest absolute Gasteiger partial charge is 0.455 e. The van der Waals surface area contributed by atoms with Gasteiger partial charge in [-0.25, -0.2) is 0 Å². The fourth-order valence-electron chi connectivity index (χ4n) is 2.81. The Morgan fingerprint density at radius 1 is 1.48 bits per heavy atom. The summed E-state index contributed by atoms with van der Waals surface area (Å²) < 4.78 is 5.81. The summed E-state index contributed by atoms with van der Waals surface area (Å²) in [4.78, 5) is 12.3. The molecule has 0 spiro atoms. The van der Waals surface area contributed by atoms with Crippen molar-refractivity contribution >= 4 is 11.6 Å². The standard InChI is InChI=1S/C16H24N2O3/c1-6-9(2)17-15(19)14-10(3)13-11(18-20)7-16(4,5)8-12(13)21-14/h9,20H,6-8H2,1-5H3,(H,17,19)/b18-11-. The first-order chi connectivity index (χ1) is 9.79. The smallest absolute Gasteiger partial charge is 0.287 e. The van der Waals surface area contributed by atoms with Crippen molar-refractivity contribution in [2.75, 3.05) is 0 Å². The van der Waals surface area contributed by atoms with Crippen LogP contribution in [0.2, 0.25) is 0 Å². The van der Waals surface area contributed by atoms with Gasteiger partial charge in [-0.3, -0.25) is 4.79 Å². The lowest BCUT2D eigenvalue weighted by atomic mass is 9.75. The second-order valence-electron chi connectivity index (χ2n) is 6.70.